The van der Waals surface area contributed by atoms with Crippen LogP contribution in [0.1, 0.15) is 18.4 Å². The molecule has 3 atom stereocenters. The maximum absolute atomic E-state index is 13.5. The first-order chi connectivity index (χ1) is 9.80. The van der Waals surface area contributed by atoms with Crippen molar-refractivity contribution in [2.24, 2.45) is 17.6 Å². The van der Waals surface area contributed by atoms with Crippen LogP contribution in [-0.2, 0) is 10.0 Å². The summed E-state index contributed by atoms with van der Waals surface area (Å²) in [4.78, 5) is 0.171. The van der Waals surface area contributed by atoms with Gasteiger partial charge in [0.15, 0.2) is 0 Å². The molecule has 4 nitrogen and oxygen atoms in total. The van der Waals surface area contributed by atoms with E-state index in [-0.39, 0.29) is 21.3 Å². The Morgan fingerprint density at radius 3 is 2.71 bits per heavy atom. The van der Waals surface area contributed by atoms with Gasteiger partial charge in [0.25, 0.3) is 0 Å². The summed E-state index contributed by atoms with van der Waals surface area (Å²) in [6.45, 7) is 2.61. The van der Waals surface area contributed by atoms with Gasteiger partial charge in [-0.15, -0.1) is 0 Å². The standard InChI is InChI=1S/C14H18BrFN2O2S/c1-8-4-12(16)11(15)5-14(8)21(19,20)18-6-9-2-3-13(17)10(9)7-18/h4-5,9-10,13H,2-3,6-7,17H2,1H3. The fourth-order valence-electron chi connectivity index (χ4n) is 3.51. The fourth-order valence-corrected chi connectivity index (χ4v) is 5.77. The Morgan fingerprint density at radius 1 is 1.33 bits per heavy atom. The Hall–Kier alpha value is -0.500. The van der Waals surface area contributed by atoms with E-state index in [0.29, 0.717) is 24.6 Å². The average Bonchev–Trinajstić information content (AvgIpc) is 2.97. The van der Waals surface area contributed by atoms with Crippen molar-refractivity contribution in [1.82, 2.24) is 4.31 Å². The summed E-state index contributed by atoms with van der Waals surface area (Å²) in [6, 6.07) is 2.70. The molecule has 0 amide bonds. The van der Waals surface area contributed by atoms with Crippen molar-refractivity contribution in [2.45, 2.75) is 30.7 Å². The summed E-state index contributed by atoms with van der Waals surface area (Å²) >= 11 is 3.06. The van der Waals surface area contributed by atoms with Gasteiger partial charge < -0.3 is 5.73 Å². The smallest absolute Gasteiger partial charge is 0.243 e. The second kappa shape index (κ2) is 5.30. The first-order valence-corrected chi connectivity index (χ1v) is 9.25. The number of aryl methyl sites for hydroxylation is 1. The van der Waals surface area contributed by atoms with E-state index in [9.17, 15) is 12.8 Å². The lowest BCUT2D eigenvalue weighted by molar-refractivity contribution is 0.426. The quantitative estimate of drug-likeness (QED) is 0.860. The van der Waals surface area contributed by atoms with E-state index in [4.69, 9.17) is 5.73 Å². The molecule has 3 rings (SSSR count). The van der Waals surface area contributed by atoms with Gasteiger partial charge in [-0.05, 0) is 65.2 Å². The molecular formula is C14H18BrFN2O2S. The van der Waals surface area contributed by atoms with Crippen molar-refractivity contribution >= 4 is 26.0 Å². The molecule has 1 heterocycles. The minimum Gasteiger partial charge on any atom is -0.327 e. The first kappa shape index (κ1) is 15.4. The van der Waals surface area contributed by atoms with Gasteiger partial charge in [0, 0.05) is 19.1 Å². The highest BCUT2D eigenvalue weighted by Gasteiger charge is 2.45. The summed E-state index contributed by atoms with van der Waals surface area (Å²) in [5, 5.41) is 0. The Labute approximate surface area is 132 Å². The van der Waals surface area contributed by atoms with E-state index in [0.717, 1.165) is 12.8 Å². The third-order valence-electron chi connectivity index (χ3n) is 4.71. The van der Waals surface area contributed by atoms with Gasteiger partial charge in [0.1, 0.15) is 5.82 Å². The predicted octanol–water partition coefficient (Wildman–Crippen LogP) is 2.25. The molecule has 3 unspecified atom stereocenters. The van der Waals surface area contributed by atoms with Crippen molar-refractivity contribution < 1.29 is 12.8 Å². The van der Waals surface area contributed by atoms with Crippen LogP contribution in [0, 0.1) is 24.6 Å². The van der Waals surface area contributed by atoms with E-state index in [1.807, 2.05) is 0 Å². The molecule has 1 aromatic rings. The van der Waals surface area contributed by atoms with Crippen LogP contribution in [-0.4, -0.2) is 31.9 Å². The van der Waals surface area contributed by atoms with Crippen LogP contribution in [0.5, 0.6) is 0 Å². The average molecular weight is 377 g/mol. The molecule has 2 N–H and O–H groups in total. The molecule has 116 valence electrons. The lowest BCUT2D eigenvalue weighted by Crippen LogP contribution is -2.33. The molecule has 2 fully saturated rings. The number of nitrogens with two attached hydrogens (primary N) is 1. The van der Waals surface area contributed by atoms with Crippen molar-refractivity contribution in [3.63, 3.8) is 0 Å². The molecular weight excluding hydrogens is 359 g/mol. The van der Waals surface area contributed by atoms with Crippen LogP contribution >= 0.6 is 15.9 Å². The van der Waals surface area contributed by atoms with Gasteiger partial charge in [0.05, 0.1) is 9.37 Å². The van der Waals surface area contributed by atoms with Crippen molar-refractivity contribution in [3.8, 4) is 0 Å². The van der Waals surface area contributed by atoms with Crippen molar-refractivity contribution in [2.75, 3.05) is 13.1 Å². The van der Waals surface area contributed by atoms with Gasteiger partial charge in [-0.1, -0.05) is 0 Å². The molecule has 0 bridgehead atoms. The van der Waals surface area contributed by atoms with Crippen LogP contribution in [0.15, 0.2) is 21.5 Å². The van der Waals surface area contributed by atoms with E-state index >= 15 is 0 Å². The first-order valence-electron chi connectivity index (χ1n) is 7.02. The summed E-state index contributed by atoms with van der Waals surface area (Å²) in [5.41, 5.74) is 6.49. The third kappa shape index (κ3) is 2.54. The molecule has 7 heteroatoms. The molecule has 1 aliphatic heterocycles. The molecule has 0 spiro atoms. The summed E-state index contributed by atoms with van der Waals surface area (Å²) < 4.78 is 40.8. The van der Waals surface area contributed by atoms with E-state index in [2.05, 4.69) is 15.9 Å². The van der Waals surface area contributed by atoms with Crippen LogP contribution in [0.4, 0.5) is 4.39 Å². The highest BCUT2D eigenvalue weighted by atomic mass is 79.9. The monoisotopic (exact) mass is 376 g/mol. The lowest BCUT2D eigenvalue weighted by atomic mass is 9.98. The molecule has 21 heavy (non-hydrogen) atoms. The van der Waals surface area contributed by atoms with Gasteiger partial charge in [0.2, 0.25) is 10.0 Å². The molecule has 1 aliphatic carbocycles. The van der Waals surface area contributed by atoms with Gasteiger partial charge in [-0.3, -0.25) is 0 Å². The molecule has 2 aliphatic rings. The Morgan fingerprint density at radius 2 is 2.05 bits per heavy atom. The summed E-state index contributed by atoms with van der Waals surface area (Å²) in [5.74, 6) is 0.162. The minimum absolute atomic E-state index is 0.0938. The van der Waals surface area contributed by atoms with Crippen molar-refractivity contribution in [1.29, 1.82) is 0 Å². The molecule has 1 saturated carbocycles. The zero-order valence-electron chi connectivity index (χ0n) is 11.7. The fraction of sp³-hybridized carbons (Fsp3) is 0.571. The third-order valence-corrected chi connectivity index (χ3v) is 7.30. The molecule has 1 saturated heterocycles. The normalized spacial score (nSPS) is 29.8. The van der Waals surface area contributed by atoms with E-state index in [1.54, 1.807) is 6.92 Å². The highest BCUT2D eigenvalue weighted by molar-refractivity contribution is 9.10. The number of rotatable bonds is 2. The second-order valence-electron chi connectivity index (χ2n) is 6.02. The maximum atomic E-state index is 13.5. The number of hydrogen-bond donors (Lipinski definition) is 1. The number of hydrogen-bond acceptors (Lipinski definition) is 3. The zero-order valence-corrected chi connectivity index (χ0v) is 14.1. The number of halogens is 2. The van der Waals surface area contributed by atoms with Crippen LogP contribution in [0.3, 0.4) is 0 Å². The Bertz CT molecular complexity index is 680. The molecule has 0 aromatic heterocycles. The van der Waals surface area contributed by atoms with Gasteiger partial charge >= 0.3 is 0 Å². The topological polar surface area (TPSA) is 63.4 Å². The molecule has 0 radical (unpaired) electrons. The lowest BCUT2D eigenvalue weighted by Gasteiger charge is -2.20. The van der Waals surface area contributed by atoms with Gasteiger partial charge in [-0.2, -0.15) is 4.31 Å². The summed E-state index contributed by atoms with van der Waals surface area (Å²) in [7, 11) is -3.59. The Kier molecular flexibility index (Phi) is 3.88. The van der Waals surface area contributed by atoms with E-state index < -0.39 is 15.8 Å². The number of sulfonamides is 1. The minimum atomic E-state index is -3.59. The van der Waals surface area contributed by atoms with Crippen LogP contribution in [0.2, 0.25) is 0 Å². The number of nitrogens with zero attached hydrogens (tertiary/aromatic N) is 1. The SMILES string of the molecule is Cc1cc(F)c(Br)cc1S(=O)(=O)N1CC2CCC(N)C2C1. The van der Waals surface area contributed by atoms with E-state index in [1.165, 1.54) is 16.4 Å². The van der Waals surface area contributed by atoms with Crippen molar-refractivity contribution in [3.05, 3.63) is 28.0 Å². The number of benzene rings is 1. The van der Waals surface area contributed by atoms with Gasteiger partial charge in [-0.25, -0.2) is 12.8 Å². The number of fused-ring (bicyclic) bond motifs is 1. The highest BCUT2D eigenvalue weighted by Crippen LogP contribution is 2.40. The largest absolute Gasteiger partial charge is 0.327 e. The molecule has 1 aromatic carbocycles. The zero-order chi connectivity index (χ0) is 15.4. The summed E-state index contributed by atoms with van der Waals surface area (Å²) in [6.07, 6.45) is 1.97. The second-order valence-corrected chi connectivity index (χ2v) is 8.78. The van der Waals surface area contributed by atoms with Crippen LogP contribution < -0.4 is 5.73 Å². The maximum Gasteiger partial charge on any atom is 0.243 e. The van der Waals surface area contributed by atoms with Crippen LogP contribution in [0.25, 0.3) is 0 Å². The predicted molar refractivity (Wildman–Crippen MR) is 81.8 cm³/mol. The Balaban J connectivity index is 1.94.